The van der Waals surface area contributed by atoms with Gasteiger partial charge in [0.2, 0.25) is 12.2 Å². The van der Waals surface area contributed by atoms with E-state index in [1.807, 2.05) is 0 Å². The molecule has 12 heteroatoms. The van der Waals surface area contributed by atoms with Crippen molar-refractivity contribution in [2.75, 3.05) is 13.1 Å². The number of rotatable bonds is 10. The Kier molecular flexibility index (Phi) is 8.82. The standard InChI is InChI=1S/C26H36N6O6/c1-23(2)7-18(9-25(5,11-23)13-27-15-33)36-20-30-21(32-22(31-20)38-29-17-35)37-19-8-24(3,4)12-26(6,10-19)14-28-16-34/h18-19H,7-14H2,1-6H3. The summed E-state index contributed by atoms with van der Waals surface area (Å²) < 4.78 is 12.4. The van der Waals surface area contributed by atoms with Crippen LogP contribution in [0, 0.1) is 21.7 Å². The molecule has 0 aliphatic heterocycles. The number of aromatic nitrogens is 3. The van der Waals surface area contributed by atoms with Crippen LogP contribution < -0.4 is 14.3 Å². The molecular weight excluding hydrogens is 492 g/mol. The Balaban J connectivity index is 1.86. The lowest BCUT2D eigenvalue weighted by Crippen LogP contribution is -2.43. The second-order valence-corrected chi connectivity index (χ2v) is 12.9. The summed E-state index contributed by atoms with van der Waals surface area (Å²) >= 11 is 0. The summed E-state index contributed by atoms with van der Waals surface area (Å²) in [6.45, 7) is 13.4. The van der Waals surface area contributed by atoms with E-state index in [-0.39, 0.29) is 51.9 Å². The van der Waals surface area contributed by atoms with Crippen molar-refractivity contribution in [3.63, 3.8) is 0 Å². The molecule has 4 unspecified atom stereocenters. The van der Waals surface area contributed by atoms with E-state index in [1.54, 1.807) is 12.2 Å². The molecule has 4 atom stereocenters. The largest absolute Gasteiger partial charge is 0.460 e. The first-order chi connectivity index (χ1) is 17.8. The highest BCUT2D eigenvalue weighted by Gasteiger charge is 2.44. The molecule has 2 aliphatic rings. The topological polar surface area (TPSA) is 155 Å². The lowest BCUT2D eigenvalue weighted by Gasteiger charge is -2.45. The summed E-state index contributed by atoms with van der Waals surface area (Å²) in [5.74, 6) is 0. The normalized spacial score (nSPS) is 29.5. The predicted molar refractivity (Wildman–Crippen MR) is 135 cm³/mol. The summed E-state index contributed by atoms with van der Waals surface area (Å²) in [6, 6.07) is -0.322. The van der Waals surface area contributed by atoms with Crippen LogP contribution in [0.4, 0.5) is 0 Å². The minimum absolute atomic E-state index is 0.0292. The minimum atomic E-state index is -0.276. The smallest absolute Gasteiger partial charge is 0.356 e. The quantitative estimate of drug-likeness (QED) is 0.248. The van der Waals surface area contributed by atoms with E-state index in [4.69, 9.17) is 14.3 Å². The van der Waals surface area contributed by atoms with E-state index in [0.29, 0.717) is 25.9 Å². The fraction of sp³-hybridized carbons (Fsp3) is 0.769. The average molecular weight is 529 g/mol. The van der Waals surface area contributed by atoms with Crippen molar-refractivity contribution in [3.05, 3.63) is 0 Å². The summed E-state index contributed by atoms with van der Waals surface area (Å²) in [5.41, 5.74) is -0.684. The van der Waals surface area contributed by atoms with Gasteiger partial charge < -0.3 is 14.3 Å². The van der Waals surface area contributed by atoms with E-state index in [1.165, 1.54) is 6.08 Å². The monoisotopic (exact) mass is 528 g/mol. The zero-order chi connectivity index (χ0) is 28.0. The zero-order valence-electron chi connectivity index (χ0n) is 22.9. The molecule has 0 saturated heterocycles. The van der Waals surface area contributed by atoms with Crippen molar-refractivity contribution in [2.45, 2.75) is 92.3 Å². The van der Waals surface area contributed by atoms with Gasteiger partial charge in [-0.3, -0.25) is 0 Å². The number of aliphatic imine (C=N–C) groups is 2. The highest BCUT2D eigenvalue weighted by Crippen LogP contribution is 2.48. The van der Waals surface area contributed by atoms with Gasteiger partial charge >= 0.3 is 18.0 Å². The van der Waals surface area contributed by atoms with E-state index >= 15 is 0 Å². The third kappa shape index (κ3) is 8.28. The third-order valence-corrected chi connectivity index (χ3v) is 7.15. The third-order valence-electron chi connectivity index (χ3n) is 7.15. The molecule has 3 rings (SSSR count). The minimum Gasteiger partial charge on any atom is -0.460 e. The first-order valence-corrected chi connectivity index (χ1v) is 12.7. The molecule has 0 radical (unpaired) electrons. The van der Waals surface area contributed by atoms with Crippen LogP contribution in [0.15, 0.2) is 15.1 Å². The molecule has 2 saturated carbocycles. The van der Waals surface area contributed by atoms with Gasteiger partial charge in [0.15, 0.2) is 0 Å². The van der Waals surface area contributed by atoms with E-state index in [2.05, 4.69) is 71.6 Å². The van der Waals surface area contributed by atoms with Gasteiger partial charge in [0.1, 0.15) is 12.2 Å². The number of ether oxygens (including phenoxy) is 2. The number of carbonyl (C=O) groups excluding carboxylic acids is 3. The molecule has 12 nitrogen and oxygen atoms in total. The molecule has 38 heavy (non-hydrogen) atoms. The Morgan fingerprint density at radius 1 is 0.684 bits per heavy atom. The molecule has 206 valence electrons. The molecule has 0 aromatic carbocycles. The van der Waals surface area contributed by atoms with Crippen LogP contribution in [-0.4, -0.2) is 58.5 Å². The zero-order valence-corrected chi connectivity index (χ0v) is 22.9. The SMILES string of the molecule is CC1(C)CC(Oc2nc(ON=C=O)nc(OC3CC(C)(C)CC(C)(CN=C=O)C3)n2)CC(C)(CN=C=O)C1. The molecule has 1 aromatic heterocycles. The van der Waals surface area contributed by atoms with Crippen LogP contribution in [0.25, 0.3) is 0 Å². The fourth-order valence-electron chi connectivity index (χ4n) is 6.75. The van der Waals surface area contributed by atoms with E-state index in [0.717, 1.165) is 25.7 Å². The second kappa shape index (κ2) is 11.5. The van der Waals surface area contributed by atoms with Gasteiger partial charge in [0, 0.05) is 5.16 Å². The van der Waals surface area contributed by atoms with Crippen molar-refractivity contribution in [1.82, 2.24) is 15.0 Å². The van der Waals surface area contributed by atoms with Crippen molar-refractivity contribution in [3.8, 4) is 18.0 Å². The molecule has 0 amide bonds. The molecule has 1 aromatic rings. The number of nitrogens with zero attached hydrogens (tertiary/aromatic N) is 6. The van der Waals surface area contributed by atoms with Crippen molar-refractivity contribution in [2.24, 2.45) is 36.8 Å². The van der Waals surface area contributed by atoms with Crippen LogP contribution >= 0.6 is 0 Å². The summed E-state index contributed by atoms with van der Waals surface area (Å²) in [5, 5.41) is 3.11. The Morgan fingerprint density at radius 2 is 1.11 bits per heavy atom. The van der Waals surface area contributed by atoms with Crippen molar-refractivity contribution >= 4 is 18.2 Å². The van der Waals surface area contributed by atoms with Crippen LogP contribution in [-0.2, 0) is 14.4 Å². The molecular formula is C26H36N6O6. The first kappa shape index (κ1) is 29.1. The maximum Gasteiger partial charge on any atom is 0.356 e. The fourth-order valence-corrected chi connectivity index (χ4v) is 6.75. The molecule has 0 N–H and O–H groups in total. The molecule has 2 fully saturated rings. The van der Waals surface area contributed by atoms with Crippen LogP contribution in [0.2, 0.25) is 0 Å². The first-order valence-electron chi connectivity index (χ1n) is 12.7. The van der Waals surface area contributed by atoms with Crippen LogP contribution in [0.1, 0.15) is 80.1 Å². The molecule has 2 aliphatic carbocycles. The van der Waals surface area contributed by atoms with Gasteiger partial charge in [-0.2, -0.15) is 0 Å². The lowest BCUT2D eigenvalue weighted by molar-refractivity contribution is -0.00239. The Hall–Kier alpha value is -3.45. The average Bonchev–Trinajstić information content (AvgIpc) is 2.77. The van der Waals surface area contributed by atoms with Gasteiger partial charge in [-0.25, -0.2) is 24.4 Å². The summed E-state index contributed by atoms with van der Waals surface area (Å²) in [4.78, 5) is 57.4. The van der Waals surface area contributed by atoms with Gasteiger partial charge in [0.25, 0.3) is 6.08 Å². The maximum absolute atomic E-state index is 10.7. The van der Waals surface area contributed by atoms with Crippen LogP contribution in [0.3, 0.4) is 0 Å². The number of isocyanates is 3. The van der Waals surface area contributed by atoms with E-state index in [9.17, 15) is 14.4 Å². The van der Waals surface area contributed by atoms with Gasteiger partial charge in [-0.15, -0.1) is 15.0 Å². The van der Waals surface area contributed by atoms with Crippen LogP contribution in [0.5, 0.6) is 18.0 Å². The lowest BCUT2D eigenvalue weighted by atomic mass is 9.63. The molecule has 1 heterocycles. The predicted octanol–water partition coefficient (Wildman–Crippen LogP) is 4.10. The van der Waals surface area contributed by atoms with Crippen molar-refractivity contribution in [1.29, 1.82) is 0 Å². The Bertz CT molecular complexity index is 1080. The number of hydrogen-bond donors (Lipinski definition) is 0. The summed E-state index contributed by atoms with van der Waals surface area (Å²) in [6.07, 6.45) is 8.42. The highest BCUT2D eigenvalue weighted by atomic mass is 16.6. The second-order valence-electron chi connectivity index (χ2n) is 12.9. The number of hydrogen-bond acceptors (Lipinski definition) is 12. The van der Waals surface area contributed by atoms with Gasteiger partial charge in [-0.1, -0.05) is 41.5 Å². The molecule has 0 spiro atoms. The summed E-state index contributed by atoms with van der Waals surface area (Å²) in [7, 11) is 0. The highest BCUT2D eigenvalue weighted by molar-refractivity contribution is 5.33. The van der Waals surface area contributed by atoms with Gasteiger partial charge in [0.05, 0.1) is 13.1 Å². The maximum atomic E-state index is 10.7. The molecule has 0 bridgehead atoms. The Labute approximate surface area is 222 Å². The van der Waals surface area contributed by atoms with Gasteiger partial charge in [-0.05, 0) is 60.2 Å². The van der Waals surface area contributed by atoms with E-state index < -0.39 is 0 Å². The Morgan fingerprint density at radius 3 is 1.50 bits per heavy atom. The van der Waals surface area contributed by atoms with Crippen molar-refractivity contribution < 1.29 is 28.7 Å².